The maximum atomic E-state index is 11.3. The lowest BCUT2D eigenvalue weighted by atomic mass is 10.0. The van der Waals surface area contributed by atoms with Crippen LogP contribution in [0.2, 0.25) is 0 Å². The zero-order valence-electron chi connectivity index (χ0n) is 13.9. The molecule has 2 heterocycles. The Labute approximate surface area is 139 Å². The number of hydrogen-bond donors (Lipinski definition) is 0. The zero-order chi connectivity index (χ0) is 17.3. The number of nitrogens with zero attached hydrogens (tertiary/aromatic N) is 4. The second-order valence-corrected chi connectivity index (χ2v) is 5.72. The number of hydrogen-bond acceptors (Lipinski definition) is 6. The van der Waals surface area contributed by atoms with Crippen LogP contribution in [0.5, 0.6) is 11.5 Å². The molecule has 1 unspecified atom stereocenters. The molecule has 0 spiro atoms. The van der Waals surface area contributed by atoms with Gasteiger partial charge in [0.2, 0.25) is 12.1 Å². The Kier molecular flexibility index (Phi) is 4.28. The number of nitro groups is 1. The van der Waals surface area contributed by atoms with E-state index in [2.05, 4.69) is 4.98 Å². The van der Waals surface area contributed by atoms with Crippen molar-refractivity contribution in [2.75, 3.05) is 25.7 Å². The van der Waals surface area contributed by atoms with Crippen LogP contribution < -0.4 is 14.4 Å². The third kappa shape index (κ3) is 2.64. The molecule has 1 aromatic carbocycles. The van der Waals surface area contributed by atoms with Gasteiger partial charge in [0.1, 0.15) is 11.5 Å². The Bertz CT molecular complexity index is 759. The Hall–Kier alpha value is -2.77. The van der Waals surface area contributed by atoms with Gasteiger partial charge in [0.05, 0.1) is 20.3 Å². The van der Waals surface area contributed by atoms with Crippen LogP contribution in [0.1, 0.15) is 24.4 Å². The number of aromatic nitrogens is 2. The molecule has 128 valence electrons. The van der Waals surface area contributed by atoms with Crippen molar-refractivity contribution < 1.29 is 14.4 Å². The molecule has 8 nitrogen and oxygen atoms in total. The molecule has 24 heavy (non-hydrogen) atoms. The van der Waals surface area contributed by atoms with Crippen LogP contribution >= 0.6 is 0 Å². The number of methoxy groups -OCH3 is 2. The van der Waals surface area contributed by atoms with Gasteiger partial charge in [0.25, 0.3) is 0 Å². The molecule has 1 aliphatic rings. The lowest BCUT2D eigenvalue weighted by Crippen LogP contribution is -2.25. The molecule has 0 N–H and O–H groups in total. The second kappa shape index (κ2) is 6.38. The van der Waals surface area contributed by atoms with Crippen molar-refractivity contribution in [2.45, 2.75) is 18.9 Å². The van der Waals surface area contributed by atoms with Gasteiger partial charge in [-0.25, -0.2) is 0 Å². The number of anilines is 1. The fraction of sp³-hybridized carbons (Fsp3) is 0.438. The smallest absolute Gasteiger partial charge is 0.406 e. The van der Waals surface area contributed by atoms with Gasteiger partial charge in [-0.15, -0.1) is 0 Å². The number of benzene rings is 1. The van der Waals surface area contributed by atoms with E-state index in [0.29, 0.717) is 11.6 Å². The molecule has 8 heteroatoms. The van der Waals surface area contributed by atoms with Gasteiger partial charge in [-0.3, -0.25) is 4.57 Å². The third-order valence-corrected chi connectivity index (χ3v) is 4.38. The Morgan fingerprint density at radius 1 is 1.33 bits per heavy atom. The molecule has 0 aliphatic carbocycles. The maximum absolute atomic E-state index is 11.3. The lowest BCUT2D eigenvalue weighted by molar-refractivity contribution is -0.388. The van der Waals surface area contributed by atoms with Crippen molar-refractivity contribution in [1.29, 1.82) is 0 Å². The molecule has 1 aliphatic heterocycles. The average molecular weight is 332 g/mol. The molecule has 1 fully saturated rings. The highest BCUT2D eigenvalue weighted by Gasteiger charge is 2.35. The summed E-state index contributed by atoms with van der Waals surface area (Å²) in [5.41, 5.74) is 0.992. The minimum atomic E-state index is -0.435. The van der Waals surface area contributed by atoms with E-state index in [0.717, 1.165) is 30.7 Å². The van der Waals surface area contributed by atoms with Gasteiger partial charge in [0.15, 0.2) is 0 Å². The summed E-state index contributed by atoms with van der Waals surface area (Å²) in [4.78, 5) is 16.8. The van der Waals surface area contributed by atoms with E-state index in [1.54, 1.807) is 25.8 Å². The molecule has 3 rings (SSSR count). The first-order valence-corrected chi connectivity index (χ1v) is 7.71. The summed E-state index contributed by atoms with van der Waals surface area (Å²) in [5.74, 6) is 1.85. The molecule has 2 aromatic rings. The van der Waals surface area contributed by atoms with E-state index < -0.39 is 4.92 Å². The lowest BCUT2D eigenvalue weighted by Gasteiger charge is -2.27. The second-order valence-electron chi connectivity index (χ2n) is 5.72. The van der Waals surface area contributed by atoms with Crippen LogP contribution in [0.4, 0.5) is 11.6 Å². The van der Waals surface area contributed by atoms with Crippen molar-refractivity contribution in [1.82, 2.24) is 9.55 Å². The summed E-state index contributed by atoms with van der Waals surface area (Å²) in [6, 6.07) is 5.68. The van der Waals surface area contributed by atoms with E-state index in [1.165, 1.54) is 6.33 Å². The van der Waals surface area contributed by atoms with Crippen molar-refractivity contribution in [3.8, 4) is 11.5 Å². The van der Waals surface area contributed by atoms with Gasteiger partial charge in [-0.2, -0.15) is 0 Å². The van der Waals surface area contributed by atoms with Gasteiger partial charge >= 0.3 is 5.82 Å². The van der Waals surface area contributed by atoms with Crippen molar-refractivity contribution in [3.63, 3.8) is 0 Å². The Morgan fingerprint density at radius 2 is 2.12 bits per heavy atom. The standard InChI is InChI=1S/C16H20N4O4/c1-18-10-17-15(20(21)22)16(18)19-8-4-5-13(19)12-7-6-11(23-2)9-14(12)24-3/h6-7,9-10,13H,4-5,8H2,1-3H3. The Morgan fingerprint density at radius 3 is 2.79 bits per heavy atom. The molecular formula is C16H20N4O4. The van der Waals surface area contributed by atoms with Gasteiger partial charge in [-0.05, 0) is 34.9 Å². The minimum Gasteiger partial charge on any atom is -0.497 e. The summed E-state index contributed by atoms with van der Waals surface area (Å²) < 4.78 is 12.5. The number of ether oxygens (including phenoxy) is 2. The first-order valence-electron chi connectivity index (χ1n) is 7.71. The van der Waals surface area contributed by atoms with Gasteiger partial charge in [0, 0.05) is 25.2 Å². The van der Waals surface area contributed by atoms with E-state index in [9.17, 15) is 10.1 Å². The van der Waals surface area contributed by atoms with Crippen LogP contribution in [0, 0.1) is 10.1 Å². The largest absolute Gasteiger partial charge is 0.497 e. The Balaban J connectivity index is 2.03. The van der Waals surface area contributed by atoms with Crippen molar-refractivity contribution in [3.05, 3.63) is 40.2 Å². The first kappa shape index (κ1) is 16.1. The van der Waals surface area contributed by atoms with Gasteiger partial charge < -0.3 is 24.5 Å². The predicted molar refractivity (Wildman–Crippen MR) is 88.7 cm³/mol. The first-order chi connectivity index (χ1) is 11.6. The topological polar surface area (TPSA) is 82.7 Å². The third-order valence-electron chi connectivity index (χ3n) is 4.38. The maximum Gasteiger partial charge on any atom is 0.406 e. The highest BCUT2D eigenvalue weighted by atomic mass is 16.6. The summed E-state index contributed by atoms with van der Waals surface area (Å²) in [5, 5.41) is 11.3. The van der Waals surface area contributed by atoms with Crippen LogP contribution in [-0.4, -0.2) is 35.2 Å². The highest BCUT2D eigenvalue weighted by Crippen LogP contribution is 2.43. The van der Waals surface area contributed by atoms with E-state index in [4.69, 9.17) is 9.47 Å². The zero-order valence-corrected chi connectivity index (χ0v) is 13.9. The number of aryl methyl sites for hydroxylation is 1. The molecule has 0 bridgehead atoms. The summed E-state index contributed by atoms with van der Waals surface area (Å²) in [6.07, 6.45) is 3.32. The fourth-order valence-electron chi connectivity index (χ4n) is 3.31. The quantitative estimate of drug-likeness (QED) is 0.618. The van der Waals surface area contributed by atoms with E-state index in [-0.39, 0.29) is 11.9 Å². The fourth-order valence-corrected chi connectivity index (χ4v) is 3.31. The summed E-state index contributed by atoms with van der Waals surface area (Å²) in [6.45, 7) is 0.736. The van der Waals surface area contributed by atoms with E-state index in [1.807, 2.05) is 23.1 Å². The summed E-state index contributed by atoms with van der Waals surface area (Å²) in [7, 11) is 5.00. The molecule has 1 saturated heterocycles. The van der Waals surface area contributed by atoms with Crippen LogP contribution in [0.15, 0.2) is 24.5 Å². The normalized spacial score (nSPS) is 17.1. The minimum absolute atomic E-state index is 0.0000406. The summed E-state index contributed by atoms with van der Waals surface area (Å²) >= 11 is 0. The molecule has 1 aromatic heterocycles. The molecular weight excluding hydrogens is 312 g/mol. The SMILES string of the molecule is COc1ccc(C2CCCN2c2c([N+](=O)[O-])ncn2C)c(OC)c1. The molecule has 0 radical (unpaired) electrons. The predicted octanol–water partition coefficient (Wildman–Crippen LogP) is 2.69. The van der Waals surface area contributed by atoms with Crippen molar-refractivity contribution >= 4 is 11.6 Å². The van der Waals surface area contributed by atoms with Crippen LogP contribution in [-0.2, 0) is 7.05 Å². The molecule has 1 atom stereocenters. The molecule has 0 amide bonds. The highest BCUT2D eigenvalue weighted by molar-refractivity contribution is 5.58. The van der Waals surface area contributed by atoms with Crippen molar-refractivity contribution in [2.24, 2.45) is 7.05 Å². The molecule has 0 saturated carbocycles. The number of imidazole rings is 1. The van der Waals surface area contributed by atoms with Gasteiger partial charge in [-0.1, -0.05) is 0 Å². The average Bonchev–Trinajstić information content (AvgIpc) is 3.20. The van der Waals surface area contributed by atoms with E-state index >= 15 is 0 Å². The van der Waals surface area contributed by atoms with Crippen LogP contribution in [0.3, 0.4) is 0 Å². The monoisotopic (exact) mass is 332 g/mol. The van der Waals surface area contributed by atoms with Crippen LogP contribution in [0.25, 0.3) is 0 Å². The number of rotatable bonds is 5.